The van der Waals surface area contributed by atoms with E-state index in [1.807, 2.05) is 19.3 Å². The van der Waals surface area contributed by atoms with Crippen molar-refractivity contribution in [2.45, 2.75) is 13.0 Å². The summed E-state index contributed by atoms with van der Waals surface area (Å²) in [5.41, 5.74) is 7.86. The number of pyridine rings is 1. The molecule has 6 nitrogen and oxygen atoms in total. The fraction of sp³-hybridized carbons (Fsp3) is 0.308. The van der Waals surface area contributed by atoms with E-state index in [9.17, 15) is 0 Å². The predicted octanol–water partition coefficient (Wildman–Crippen LogP) is 0.714. The lowest BCUT2D eigenvalue weighted by atomic mass is 10.2. The van der Waals surface area contributed by atoms with Crippen LogP contribution in [-0.4, -0.2) is 30.9 Å². The molecule has 3 rings (SSSR count). The van der Waals surface area contributed by atoms with Crippen LogP contribution in [0.1, 0.15) is 11.4 Å². The minimum absolute atomic E-state index is 0.637. The van der Waals surface area contributed by atoms with Crippen LogP contribution in [0.25, 0.3) is 11.0 Å². The summed E-state index contributed by atoms with van der Waals surface area (Å²) in [4.78, 5) is 8.71. The summed E-state index contributed by atoms with van der Waals surface area (Å²) in [6.07, 6.45) is 6.34. The van der Waals surface area contributed by atoms with E-state index in [0.717, 1.165) is 23.3 Å². The lowest BCUT2D eigenvalue weighted by Crippen LogP contribution is -2.06. The molecule has 0 spiro atoms. The topological polar surface area (TPSA) is 74.5 Å². The van der Waals surface area contributed by atoms with Gasteiger partial charge in [-0.15, -0.1) is 0 Å². The number of fused-ring (bicyclic) bond motifs is 1. The number of aromatic nitrogens is 5. The van der Waals surface area contributed by atoms with Gasteiger partial charge < -0.3 is 10.3 Å². The molecule has 0 unspecified atom stereocenters. The molecule has 0 aliphatic heterocycles. The van der Waals surface area contributed by atoms with Crippen molar-refractivity contribution in [1.29, 1.82) is 0 Å². The van der Waals surface area contributed by atoms with Crippen molar-refractivity contribution in [2.75, 3.05) is 6.54 Å². The lowest BCUT2D eigenvalue weighted by molar-refractivity contribution is 0.661. The normalized spacial score (nSPS) is 11.3. The highest BCUT2D eigenvalue weighted by atomic mass is 15.3. The van der Waals surface area contributed by atoms with Crippen LogP contribution in [-0.2, 0) is 20.0 Å². The van der Waals surface area contributed by atoms with E-state index in [-0.39, 0.29) is 0 Å². The molecule has 2 N–H and O–H groups in total. The first-order valence-electron chi connectivity index (χ1n) is 6.25. The van der Waals surface area contributed by atoms with E-state index in [0.29, 0.717) is 13.1 Å². The maximum Gasteiger partial charge on any atom is 0.146 e. The van der Waals surface area contributed by atoms with Crippen LogP contribution in [0.2, 0.25) is 0 Å². The molecule has 0 bridgehead atoms. The smallest absolute Gasteiger partial charge is 0.146 e. The van der Waals surface area contributed by atoms with Gasteiger partial charge >= 0.3 is 0 Å². The zero-order valence-corrected chi connectivity index (χ0v) is 10.8. The van der Waals surface area contributed by atoms with Crippen molar-refractivity contribution in [2.24, 2.45) is 12.8 Å². The highest BCUT2D eigenvalue weighted by molar-refractivity contribution is 5.80. The Kier molecular flexibility index (Phi) is 3.00. The van der Waals surface area contributed by atoms with Gasteiger partial charge in [-0.3, -0.25) is 4.68 Å². The molecule has 0 aromatic carbocycles. The van der Waals surface area contributed by atoms with Crippen LogP contribution in [0.5, 0.6) is 0 Å². The Balaban J connectivity index is 2.06. The van der Waals surface area contributed by atoms with E-state index in [1.165, 1.54) is 5.56 Å². The molecule has 0 saturated carbocycles. The first kappa shape index (κ1) is 11.9. The van der Waals surface area contributed by atoms with Crippen LogP contribution in [0.3, 0.4) is 0 Å². The van der Waals surface area contributed by atoms with E-state index >= 15 is 0 Å². The molecule has 98 valence electrons. The fourth-order valence-corrected chi connectivity index (χ4v) is 2.29. The van der Waals surface area contributed by atoms with Gasteiger partial charge in [-0.1, -0.05) is 0 Å². The highest BCUT2D eigenvalue weighted by Crippen LogP contribution is 2.20. The maximum atomic E-state index is 5.66. The maximum absolute atomic E-state index is 5.66. The second-order valence-corrected chi connectivity index (χ2v) is 4.50. The van der Waals surface area contributed by atoms with E-state index in [1.54, 1.807) is 11.0 Å². The molecule has 0 saturated heterocycles. The Morgan fingerprint density at radius 1 is 1.32 bits per heavy atom. The Morgan fingerprint density at radius 3 is 2.95 bits per heavy atom. The average molecular weight is 256 g/mol. The SMILES string of the molecule is Cn1ncnc1Cn1cc(CCN)c2cccnc21. The van der Waals surface area contributed by atoms with Crippen molar-refractivity contribution >= 4 is 11.0 Å². The van der Waals surface area contributed by atoms with Gasteiger partial charge in [0.2, 0.25) is 0 Å². The molecular weight excluding hydrogens is 240 g/mol. The molecule has 19 heavy (non-hydrogen) atoms. The van der Waals surface area contributed by atoms with Crippen LogP contribution < -0.4 is 5.73 Å². The standard InChI is InChI=1S/C13H16N6/c1-18-12(16-9-17-18)8-19-7-10(4-5-14)11-3-2-6-15-13(11)19/h2-3,6-7,9H,4-5,8,14H2,1H3. The predicted molar refractivity (Wildman–Crippen MR) is 72.6 cm³/mol. The lowest BCUT2D eigenvalue weighted by Gasteiger charge is -2.03. The van der Waals surface area contributed by atoms with Crippen molar-refractivity contribution in [3.63, 3.8) is 0 Å². The third-order valence-electron chi connectivity index (χ3n) is 3.25. The molecule has 3 aromatic heterocycles. The summed E-state index contributed by atoms with van der Waals surface area (Å²) in [6, 6.07) is 4.04. The molecule has 3 heterocycles. The zero-order chi connectivity index (χ0) is 13.2. The zero-order valence-electron chi connectivity index (χ0n) is 10.8. The average Bonchev–Trinajstić information content (AvgIpc) is 2.97. The fourth-order valence-electron chi connectivity index (χ4n) is 2.29. The Morgan fingerprint density at radius 2 is 2.21 bits per heavy atom. The summed E-state index contributed by atoms with van der Waals surface area (Å²) in [5, 5.41) is 5.25. The van der Waals surface area contributed by atoms with Crippen LogP contribution in [0.4, 0.5) is 0 Å². The van der Waals surface area contributed by atoms with Gasteiger partial charge in [0, 0.05) is 24.8 Å². The number of nitrogens with two attached hydrogens (primary N) is 1. The number of rotatable bonds is 4. The summed E-state index contributed by atoms with van der Waals surface area (Å²) < 4.78 is 3.88. The van der Waals surface area contributed by atoms with Crippen molar-refractivity contribution in [3.8, 4) is 0 Å². The van der Waals surface area contributed by atoms with Gasteiger partial charge in [-0.2, -0.15) is 5.10 Å². The Hall–Kier alpha value is -2.21. The van der Waals surface area contributed by atoms with Gasteiger partial charge in [0.25, 0.3) is 0 Å². The minimum atomic E-state index is 0.637. The Labute approximate surface area is 110 Å². The van der Waals surface area contributed by atoms with E-state index in [4.69, 9.17) is 5.73 Å². The second-order valence-electron chi connectivity index (χ2n) is 4.50. The first-order chi connectivity index (χ1) is 9.29. The van der Waals surface area contributed by atoms with Gasteiger partial charge in [0.05, 0.1) is 6.54 Å². The van der Waals surface area contributed by atoms with Gasteiger partial charge in [0.15, 0.2) is 0 Å². The molecule has 0 aliphatic rings. The molecule has 3 aromatic rings. The number of nitrogens with zero attached hydrogens (tertiary/aromatic N) is 5. The van der Waals surface area contributed by atoms with Crippen LogP contribution in [0.15, 0.2) is 30.9 Å². The summed E-state index contributed by atoms with van der Waals surface area (Å²) >= 11 is 0. The summed E-state index contributed by atoms with van der Waals surface area (Å²) in [7, 11) is 1.89. The monoisotopic (exact) mass is 256 g/mol. The molecule has 0 amide bonds. The minimum Gasteiger partial charge on any atom is -0.330 e. The number of hydrogen-bond acceptors (Lipinski definition) is 4. The molecule has 0 aliphatic carbocycles. The van der Waals surface area contributed by atoms with Gasteiger partial charge in [-0.25, -0.2) is 9.97 Å². The highest BCUT2D eigenvalue weighted by Gasteiger charge is 2.10. The molecule has 0 fully saturated rings. The third kappa shape index (κ3) is 2.10. The van der Waals surface area contributed by atoms with E-state index < -0.39 is 0 Å². The third-order valence-corrected chi connectivity index (χ3v) is 3.25. The molecular formula is C13H16N6. The second kappa shape index (κ2) is 4.81. The largest absolute Gasteiger partial charge is 0.330 e. The van der Waals surface area contributed by atoms with Crippen LogP contribution in [0, 0.1) is 0 Å². The van der Waals surface area contributed by atoms with Crippen molar-refractivity contribution in [3.05, 3.63) is 42.2 Å². The first-order valence-corrected chi connectivity index (χ1v) is 6.25. The molecule has 6 heteroatoms. The van der Waals surface area contributed by atoms with Crippen molar-refractivity contribution < 1.29 is 0 Å². The molecule has 0 radical (unpaired) electrons. The number of aryl methyl sites for hydroxylation is 1. The molecule has 0 atom stereocenters. The Bertz CT molecular complexity index is 696. The van der Waals surface area contributed by atoms with Gasteiger partial charge in [0.1, 0.15) is 17.8 Å². The summed E-state index contributed by atoms with van der Waals surface area (Å²) in [6.45, 7) is 1.30. The number of hydrogen-bond donors (Lipinski definition) is 1. The van der Waals surface area contributed by atoms with Crippen LogP contribution >= 0.6 is 0 Å². The van der Waals surface area contributed by atoms with Crippen molar-refractivity contribution in [1.82, 2.24) is 24.3 Å². The van der Waals surface area contributed by atoms with E-state index in [2.05, 4.69) is 31.9 Å². The quantitative estimate of drug-likeness (QED) is 0.746. The summed E-state index contributed by atoms with van der Waals surface area (Å²) in [5.74, 6) is 0.904. The van der Waals surface area contributed by atoms with Gasteiger partial charge in [-0.05, 0) is 30.7 Å².